The van der Waals surface area contributed by atoms with Crippen LogP contribution in [0, 0.1) is 18.6 Å². The summed E-state index contributed by atoms with van der Waals surface area (Å²) in [7, 11) is 0. The third-order valence-electron chi connectivity index (χ3n) is 8.11. The summed E-state index contributed by atoms with van der Waals surface area (Å²) in [5, 5.41) is 9.47. The second-order valence-electron chi connectivity index (χ2n) is 11.0. The molecule has 13 heteroatoms. The van der Waals surface area contributed by atoms with Crippen molar-refractivity contribution in [1.82, 2.24) is 14.0 Å². The summed E-state index contributed by atoms with van der Waals surface area (Å²) in [6.45, 7) is 2.33. The van der Waals surface area contributed by atoms with Crippen LogP contribution < -0.4 is 21.9 Å². The summed E-state index contributed by atoms with van der Waals surface area (Å²) in [6, 6.07) is 14.7. The standard InChI is InChI=1S/C32H32F5N5O3/c1-20-29(40-14-12-39(13-15-40)17-21-10-11-28(43)26(34)16-21)30(44)42(19-27(38)22-6-3-2-4-7-22)31(45)41(20)18-23-24(32(35,36)37)8-5-9-25(23)33/h2-11,16,27,43H,12-15,17-19,38H2,1H3/t27-/m0/s1. The number of aromatic nitrogens is 2. The molecule has 238 valence electrons. The highest BCUT2D eigenvalue weighted by molar-refractivity contribution is 5.50. The van der Waals surface area contributed by atoms with Crippen LogP contribution in [0.5, 0.6) is 5.75 Å². The van der Waals surface area contributed by atoms with Gasteiger partial charge in [0.1, 0.15) is 11.5 Å². The molecule has 0 radical (unpaired) electrons. The normalized spacial score (nSPS) is 15.0. The highest BCUT2D eigenvalue weighted by atomic mass is 19.4. The molecule has 8 nitrogen and oxygen atoms in total. The number of rotatable bonds is 8. The predicted molar refractivity (Wildman–Crippen MR) is 159 cm³/mol. The number of phenols is 1. The van der Waals surface area contributed by atoms with Crippen LogP contribution in [0.1, 0.15) is 34.0 Å². The van der Waals surface area contributed by atoms with Gasteiger partial charge in [0.25, 0.3) is 5.56 Å². The third-order valence-corrected chi connectivity index (χ3v) is 8.11. The average molecular weight is 630 g/mol. The van der Waals surface area contributed by atoms with Gasteiger partial charge < -0.3 is 15.7 Å². The predicted octanol–water partition coefficient (Wildman–Crippen LogP) is 4.39. The number of aromatic hydroxyl groups is 1. The maximum atomic E-state index is 14.9. The van der Waals surface area contributed by atoms with Gasteiger partial charge in [-0.1, -0.05) is 42.5 Å². The molecule has 0 unspecified atom stereocenters. The number of alkyl halides is 3. The second-order valence-corrected chi connectivity index (χ2v) is 11.0. The summed E-state index contributed by atoms with van der Waals surface area (Å²) in [6.07, 6.45) is -4.88. The Balaban J connectivity index is 1.53. The highest BCUT2D eigenvalue weighted by Gasteiger charge is 2.35. The SMILES string of the molecule is Cc1c(N2CCN(Cc3ccc(O)c(F)c3)CC2)c(=O)n(C[C@H](N)c2ccccc2)c(=O)n1Cc1c(F)cccc1C(F)(F)F. The Morgan fingerprint density at radius 2 is 1.56 bits per heavy atom. The van der Waals surface area contributed by atoms with E-state index in [9.17, 15) is 36.6 Å². The van der Waals surface area contributed by atoms with Gasteiger partial charge in [-0.15, -0.1) is 0 Å². The molecule has 1 saturated heterocycles. The van der Waals surface area contributed by atoms with E-state index in [2.05, 4.69) is 0 Å². The zero-order valence-corrected chi connectivity index (χ0v) is 24.4. The minimum absolute atomic E-state index is 0.0972. The number of nitrogens with zero attached hydrogens (tertiary/aromatic N) is 4. The number of hydrogen-bond donors (Lipinski definition) is 2. The monoisotopic (exact) mass is 629 g/mol. The fraction of sp³-hybridized carbons (Fsp3) is 0.312. The van der Waals surface area contributed by atoms with Gasteiger partial charge in [-0.2, -0.15) is 13.2 Å². The maximum absolute atomic E-state index is 14.9. The van der Waals surface area contributed by atoms with Crippen LogP contribution >= 0.6 is 0 Å². The number of anilines is 1. The number of piperazine rings is 1. The molecule has 0 bridgehead atoms. The highest BCUT2D eigenvalue weighted by Crippen LogP contribution is 2.33. The maximum Gasteiger partial charge on any atom is 0.416 e. The van der Waals surface area contributed by atoms with Crippen molar-refractivity contribution in [2.45, 2.75) is 38.8 Å². The molecule has 1 aromatic heterocycles. The molecule has 1 aliphatic rings. The Kier molecular flexibility index (Phi) is 9.12. The molecule has 45 heavy (non-hydrogen) atoms. The lowest BCUT2D eigenvalue weighted by atomic mass is 10.1. The Labute approximate surface area is 255 Å². The first kappa shape index (κ1) is 31.9. The zero-order valence-electron chi connectivity index (χ0n) is 24.4. The molecule has 0 amide bonds. The number of nitrogens with two attached hydrogens (primary N) is 1. The van der Waals surface area contributed by atoms with E-state index in [0.29, 0.717) is 43.9 Å². The molecule has 5 rings (SSSR count). The molecule has 4 aromatic rings. The lowest BCUT2D eigenvalue weighted by molar-refractivity contribution is -0.138. The quantitative estimate of drug-likeness (QED) is 0.281. The molecule has 0 aliphatic carbocycles. The lowest BCUT2D eigenvalue weighted by Gasteiger charge is -2.37. The van der Waals surface area contributed by atoms with E-state index in [-0.39, 0.29) is 17.9 Å². The zero-order chi connectivity index (χ0) is 32.5. The third kappa shape index (κ3) is 6.79. The summed E-state index contributed by atoms with van der Waals surface area (Å²) in [5.41, 5.74) is 4.37. The topological polar surface area (TPSA) is 96.7 Å². The van der Waals surface area contributed by atoms with Crippen LogP contribution in [0.2, 0.25) is 0 Å². The minimum Gasteiger partial charge on any atom is -0.505 e. The van der Waals surface area contributed by atoms with Crippen molar-refractivity contribution in [3.05, 3.63) is 127 Å². The van der Waals surface area contributed by atoms with Crippen LogP contribution in [-0.4, -0.2) is 45.3 Å². The van der Waals surface area contributed by atoms with Gasteiger partial charge >= 0.3 is 11.9 Å². The first-order chi connectivity index (χ1) is 21.3. The van der Waals surface area contributed by atoms with Crippen LogP contribution in [0.25, 0.3) is 0 Å². The van der Waals surface area contributed by atoms with Gasteiger partial charge in [-0.05, 0) is 42.3 Å². The van der Waals surface area contributed by atoms with Crippen LogP contribution in [-0.2, 0) is 25.8 Å². The van der Waals surface area contributed by atoms with E-state index in [0.717, 1.165) is 27.3 Å². The van der Waals surface area contributed by atoms with Gasteiger partial charge in [0, 0.05) is 50.0 Å². The number of benzene rings is 3. The van der Waals surface area contributed by atoms with Crippen molar-refractivity contribution >= 4 is 5.69 Å². The molecular weight excluding hydrogens is 597 g/mol. The van der Waals surface area contributed by atoms with E-state index >= 15 is 0 Å². The van der Waals surface area contributed by atoms with Crippen LogP contribution in [0.15, 0.2) is 76.3 Å². The van der Waals surface area contributed by atoms with Crippen molar-refractivity contribution in [2.24, 2.45) is 5.73 Å². The van der Waals surface area contributed by atoms with Gasteiger partial charge in [-0.25, -0.2) is 13.6 Å². The Morgan fingerprint density at radius 3 is 2.20 bits per heavy atom. The Bertz CT molecular complexity index is 1800. The van der Waals surface area contributed by atoms with E-state index in [1.54, 1.807) is 41.3 Å². The van der Waals surface area contributed by atoms with Gasteiger partial charge in [0.05, 0.1) is 18.7 Å². The van der Waals surface area contributed by atoms with Crippen molar-refractivity contribution in [1.29, 1.82) is 0 Å². The molecule has 1 fully saturated rings. The van der Waals surface area contributed by atoms with Crippen molar-refractivity contribution in [3.8, 4) is 5.75 Å². The number of halogens is 5. The first-order valence-electron chi connectivity index (χ1n) is 14.3. The second kappa shape index (κ2) is 12.9. The van der Waals surface area contributed by atoms with E-state index in [4.69, 9.17) is 5.73 Å². The summed E-state index contributed by atoms with van der Waals surface area (Å²) >= 11 is 0. The van der Waals surface area contributed by atoms with E-state index in [1.807, 2.05) is 4.90 Å². The fourth-order valence-corrected chi connectivity index (χ4v) is 5.68. The van der Waals surface area contributed by atoms with Gasteiger partial charge in [0.15, 0.2) is 11.6 Å². The van der Waals surface area contributed by atoms with Gasteiger partial charge in [-0.3, -0.25) is 18.8 Å². The van der Waals surface area contributed by atoms with E-state index in [1.165, 1.54) is 19.1 Å². The molecular formula is C32H32F5N5O3. The Hall–Kier alpha value is -4.49. The summed E-state index contributed by atoms with van der Waals surface area (Å²) in [4.78, 5) is 31.5. The molecule has 1 aliphatic heterocycles. The van der Waals surface area contributed by atoms with Crippen molar-refractivity contribution in [2.75, 3.05) is 31.1 Å². The number of phenolic OH excluding ortho intramolecular Hbond substituents is 1. The molecule has 3 aromatic carbocycles. The van der Waals surface area contributed by atoms with E-state index < -0.39 is 58.5 Å². The summed E-state index contributed by atoms with van der Waals surface area (Å²) < 4.78 is 72.3. The fourth-order valence-electron chi connectivity index (χ4n) is 5.68. The van der Waals surface area contributed by atoms with Gasteiger partial charge in [0.2, 0.25) is 0 Å². The molecule has 0 spiro atoms. The smallest absolute Gasteiger partial charge is 0.416 e. The minimum atomic E-state index is -4.88. The molecule has 2 heterocycles. The van der Waals surface area contributed by atoms with Crippen LogP contribution in [0.4, 0.5) is 27.6 Å². The lowest BCUT2D eigenvalue weighted by Crippen LogP contribution is -2.51. The molecule has 0 saturated carbocycles. The Morgan fingerprint density at radius 1 is 0.867 bits per heavy atom. The average Bonchev–Trinajstić information content (AvgIpc) is 3.00. The van der Waals surface area contributed by atoms with Crippen molar-refractivity contribution < 1.29 is 27.1 Å². The first-order valence-corrected chi connectivity index (χ1v) is 14.3. The molecule has 3 N–H and O–H groups in total. The van der Waals surface area contributed by atoms with Crippen LogP contribution in [0.3, 0.4) is 0 Å². The molecule has 1 atom stereocenters. The largest absolute Gasteiger partial charge is 0.505 e. The van der Waals surface area contributed by atoms with Crippen molar-refractivity contribution in [3.63, 3.8) is 0 Å². The summed E-state index contributed by atoms with van der Waals surface area (Å²) in [5.74, 6) is -2.31. The number of hydrogen-bond acceptors (Lipinski definition) is 6.